The van der Waals surface area contributed by atoms with Crippen LogP contribution >= 0.6 is 11.6 Å². The van der Waals surface area contributed by atoms with Gasteiger partial charge >= 0.3 is 5.97 Å². The molecule has 11 heteroatoms. The molecule has 0 spiro atoms. The lowest BCUT2D eigenvalue weighted by Gasteiger charge is -2.35. The van der Waals surface area contributed by atoms with Crippen molar-refractivity contribution in [3.05, 3.63) is 53.7 Å². The molecular weight excluding hydrogens is 494 g/mol. The summed E-state index contributed by atoms with van der Waals surface area (Å²) in [6.45, 7) is 4.27. The summed E-state index contributed by atoms with van der Waals surface area (Å²) in [5, 5.41) is 13.9. The molecule has 9 nitrogen and oxygen atoms in total. The predicted octanol–water partition coefficient (Wildman–Crippen LogP) is 4.44. The number of anilines is 1. The lowest BCUT2D eigenvalue weighted by molar-refractivity contribution is -0.137. The Morgan fingerprint density at radius 1 is 1.23 bits per heavy atom. The molecule has 2 aromatic carbocycles. The quantitative estimate of drug-likeness (QED) is 0.444. The van der Waals surface area contributed by atoms with E-state index in [2.05, 4.69) is 5.10 Å². The zero-order valence-electron chi connectivity index (χ0n) is 19.3. The van der Waals surface area contributed by atoms with E-state index in [0.29, 0.717) is 23.0 Å². The third kappa shape index (κ3) is 5.23. The molecule has 4 rings (SSSR count). The van der Waals surface area contributed by atoms with Gasteiger partial charge in [-0.1, -0.05) is 29.8 Å². The predicted molar refractivity (Wildman–Crippen MR) is 132 cm³/mol. The fourth-order valence-electron chi connectivity index (χ4n) is 3.90. The van der Waals surface area contributed by atoms with Crippen LogP contribution in [0, 0.1) is 0 Å². The topological polar surface area (TPSA) is 111 Å². The zero-order chi connectivity index (χ0) is 25.2. The number of fused-ring (bicyclic) bond motifs is 1. The molecule has 1 unspecified atom stereocenters. The highest BCUT2D eigenvalue weighted by atomic mass is 35.5. The lowest BCUT2D eigenvalue weighted by Crippen LogP contribution is -2.43. The van der Waals surface area contributed by atoms with Crippen LogP contribution < -0.4 is 13.8 Å². The summed E-state index contributed by atoms with van der Waals surface area (Å²) in [7, 11) is -4.12. The summed E-state index contributed by atoms with van der Waals surface area (Å²) in [6, 6.07) is 12.5. The van der Waals surface area contributed by atoms with Crippen LogP contribution in [0.2, 0.25) is 5.02 Å². The fourth-order valence-corrected chi connectivity index (χ4v) is 5.67. The van der Waals surface area contributed by atoms with Crippen LogP contribution in [0.4, 0.5) is 5.69 Å². The van der Waals surface area contributed by atoms with Crippen molar-refractivity contribution >= 4 is 33.3 Å². The molecule has 0 fully saturated rings. The average molecular weight is 520 g/mol. The van der Waals surface area contributed by atoms with Gasteiger partial charge in [0, 0.05) is 24.2 Å². The number of carboxylic acids is 1. The van der Waals surface area contributed by atoms with Gasteiger partial charge in [-0.15, -0.1) is 5.10 Å². The van der Waals surface area contributed by atoms with Crippen LogP contribution in [-0.2, 0) is 21.4 Å². The van der Waals surface area contributed by atoms with E-state index in [4.69, 9.17) is 26.2 Å². The number of halogens is 1. The molecular formula is C24H26ClN3O6S. The molecule has 0 saturated carbocycles. The maximum atomic E-state index is 14.0. The molecule has 1 aliphatic rings. The van der Waals surface area contributed by atoms with Gasteiger partial charge in [0.2, 0.25) is 0 Å². The molecule has 35 heavy (non-hydrogen) atoms. The highest BCUT2D eigenvalue weighted by molar-refractivity contribution is 7.93. The molecule has 0 amide bonds. The number of aromatic nitrogens is 2. The Bertz CT molecular complexity index is 1340. The van der Waals surface area contributed by atoms with Crippen molar-refractivity contribution in [1.82, 2.24) is 9.78 Å². The van der Waals surface area contributed by atoms with Crippen LogP contribution in [0.3, 0.4) is 0 Å². The van der Waals surface area contributed by atoms with Gasteiger partial charge in [-0.3, -0.25) is 13.8 Å². The zero-order valence-corrected chi connectivity index (χ0v) is 20.9. The van der Waals surface area contributed by atoms with Crippen molar-refractivity contribution < 1.29 is 27.8 Å². The lowest BCUT2D eigenvalue weighted by atomic mass is 10.0. The van der Waals surface area contributed by atoms with Crippen molar-refractivity contribution in [2.24, 2.45) is 0 Å². The molecule has 1 aromatic heterocycles. The minimum atomic E-state index is -4.12. The molecule has 2 heterocycles. The Balaban J connectivity index is 1.82. The third-order valence-corrected chi connectivity index (χ3v) is 7.60. The number of hydrogen-bond acceptors (Lipinski definition) is 6. The standard InChI is InChI=1S/C24H26ClN3O6S/c1-3-27-15-22(24(26-27)33-4-2)35(31,32)28-14-19(9-11-23(29)30)34-21-10-8-17(13-20(21)28)16-6-5-7-18(25)12-16/h5-8,10,12-13,15,19H,3-4,9,11,14H2,1-2H3,(H,29,30). The van der Waals surface area contributed by atoms with Crippen LogP contribution in [0.1, 0.15) is 26.7 Å². The summed E-state index contributed by atoms with van der Waals surface area (Å²) in [5.41, 5.74) is 1.92. The van der Waals surface area contributed by atoms with Gasteiger partial charge in [-0.2, -0.15) is 0 Å². The summed E-state index contributed by atoms with van der Waals surface area (Å²) >= 11 is 6.16. The minimum absolute atomic E-state index is 0.0236. The Morgan fingerprint density at radius 2 is 2.00 bits per heavy atom. The van der Waals surface area contributed by atoms with Crippen molar-refractivity contribution in [2.45, 2.75) is 44.2 Å². The Hall–Kier alpha value is -3.24. The SMILES string of the molecule is CCOc1nn(CC)cc1S(=O)(=O)N1CC(CCC(=O)O)Oc2ccc(-c3cccc(Cl)c3)cc21. The number of carbonyl (C=O) groups is 1. The molecule has 1 aliphatic heterocycles. The number of aryl methyl sites for hydroxylation is 1. The van der Waals surface area contributed by atoms with Crippen molar-refractivity contribution in [3.8, 4) is 22.8 Å². The first-order valence-corrected chi connectivity index (χ1v) is 13.1. The highest BCUT2D eigenvalue weighted by Gasteiger charge is 2.38. The Morgan fingerprint density at radius 3 is 2.69 bits per heavy atom. The number of sulfonamides is 1. The van der Waals surface area contributed by atoms with Gasteiger partial charge in [0.25, 0.3) is 15.9 Å². The Labute approximate surface area is 208 Å². The molecule has 1 atom stereocenters. The first-order chi connectivity index (χ1) is 16.7. The molecule has 1 N–H and O–H groups in total. The van der Waals surface area contributed by atoms with Gasteiger partial charge < -0.3 is 14.6 Å². The second kappa shape index (κ2) is 10.2. The van der Waals surface area contributed by atoms with Gasteiger partial charge in [-0.25, -0.2) is 8.42 Å². The second-order valence-corrected chi connectivity index (χ2v) is 10.3. The highest BCUT2D eigenvalue weighted by Crippen LogP contribution is 2.41. The molecule has 0 radical (unpaired) electrons. The fraction of sp³-hybridized carbons (Fsp3) is 0.333. The van der Waals surface area contributed by atoms with Gasteiger partial charge in [0.1, 0.15) is 11.9 Å². The van der Waals surface area contributed by atoms with Gasteiger partial charge in [0.15, 0.2) is 4.90 Å². The van der Waals surface area contributed by atoms with Gasteiger partial charge in [0.05, 0.1) is 18.8 Å². The first kappa shape index (κ1) is 24.9. The maximum absolute atomic E-state index is 14.0. The largest absolute Gasteiger partial charge is 0.486 e. The van der Waals surface area contributed by atoms with E-state index in [1.807, 2.05) is 25.1 Å². The molecule has 186 valence electrons. The van der Waals surface area contributed by atoms with Crippen LogP contribution in [0.25, 0.3) is 11.1 Å². The van der Waals surface area contributed by atoms with Crippen molar-refractivity contribution in [3.63, 3.8) is 0 Å². The molecule has 0 bridgehead atoms. The summed E-state index contributed by atoms with van der Waals surface area (Å²) in [4.78, 5) is 11.1. The van der Waals surface area contributed by atoms with Crippen LogP contribution in [-0.4, -0.2) is 48.5 Å². The van der Waals surface area contributed by atoms with E-state index in [1.54, 1.807) is 31.2 Å². The van der Waals surface area contributed by atoms with E-state index in [1.165, 1.54) is 15.2 Å². The normalized spacial score (nSPS) is 15.4. The van der Waals surface area contributed by atoms with Gasteiger partial charge in [-0.05, 0) is 55.7 Å². The number of nitrogens with zero attached hydrogens (tertiary/aromatic N) is 3. The number of benzene rings is 2. The first-order valence-electron chi connectivity index (χ1n) is 11.2. The summed E-state index contributed by atoms with van der Waals surface area (Å²) in [6.07, 6.45) is 0.820. The monoisotopic (exact) mass is 519 g/mol. The van der Waals surface area contributed by atoms with E-state index in [9.17, 15) is 13.2 Å². The van der Waals surface area contributed by atoms with E-state index >= 15 is 0 Å². The average Bonchev–Trinajstić information content (AvgIpc) is 3.26. The smallest absolute Gasteiger partial charge is 0.303 e. The number of ether oxygens (including phenoxy) is 2. The number of rotatable bonds is 9. The van der Waals surface area contributed by atoms with E-state index in [0.717, 1.165) is 11.1 Å². The maximum Gasteiger partial charge on any atom is 0.303 e. The summed E-state index contributed by atoms with van der Waals surface area (Å²) in [5.74, 6) is -0.606. The second-order valence-electron chi connectivity index (χ2n) is 7.99. The van der Waals surface area contributed by atoms with E-state index in [-0.39, 0.29) is 36.8 Å². The van der Waals surface area contributed by atoms with Crippen LogP contribution in [0.5, 0.6) is 11.6 Å². The summed E-state index contributed by atoms with van der Waals surface area (Å²) < 4.78 is 42.2. The van der Waals surface area contributed by atoms with E-state index < -0.39 is 22.1 Å². The number of aliphatic carboxylic acids is 1. The van der Waals surface area contributed by atoms with Crippen molar-refractivity contribution in [2.75, 3.05) is 17.5 Å². The third-order valence-electron chi connectivity index (χ3n) is 5.60. The molecule has 0 aliphatic carbocycles. The minimum Gasteiger partial charge on any atom is -0.486 e. The number of carboxylic acid groups (broad SMARTS) is 1. The van der Waals surface area contributed by atoms with Crippen LogP contribution in [0.15, 0.2) is 53.6 Å². The number of hydrogen-bond donors (Lipinski definition) is 1. The van der Waals surface area contributed by atoms with Crippen molar-refractivity contribution in [1.29, 1.82) is 0 Å². The molecule has 0 saturated heterocycles. The molecule has 3 aromatic rings. The Kier molecular flexibility index (Phi) is 7.23.